The zero-order valence-corrected chi connectivity index (χ0v) is 19.7. The Labute approximate surface area is 192 Å². The number of amides is 1. The van der Waals surface area contributed by atoms with E-state index >= 15 is 0 Å². The Morgan fingerprint density at radius 1 is 1.09 bits per heavy atom. The van der Waals surface area contributed by atoms with E-state index in [0.29, 0.717) is 23.8 Å². The van der Waals surface area contributed by atoms with Gasteiger partial charge < -0.3 is 19.7 Å². The fourth-order valence-corrected chi connectivity index (χ4v) is 8.64. The van der Waals surface area contributed by atoms with Gasteiger partial charge in [-0.05, 0) is 62.1 Å². The van der Waals surface area contributed by atoms with Crippen LogP contribution in [0.25, 0.3) is 0 Å². The van der Waals surface area contributed by atoms with E-state index in [2.05, 4.69) is 29.6 Å². The van der Waals surface area contributed by atoms with Crippen LogP contribution in [0.2, 0.25) is 0 Å². The van der Waals surface area contributed by atoms with E-state index in [4.69, 9.17) is 4.74 Å². The number of carbonyl (C=O) groups is 1. The van der Waals surface area contributed by atoms with E-state index in [1.165, 1.54) is 5.56 Å². The molecule has 1 aliphatic carbocycles. The first-order chi connectivity index (χ1) is 15.5. The number of hydrogen-bond acceptors (Lipinski definition) is 4. The summed E-state index contributed by atoms with van der Waals surface area (Å²) >= 11 is 0. The quantitative estimate of drug-likeness (QED) is 0.550. The van der Waals surface area contributed by atoms with Gasteiger partial charge in [0, 0.05) is 23.0 Å². The van der Waals surface area contributed by atoms with Crippen molar-refractivity contribution in [3.63, 3.8) is 0 Å². The molecule has 0 aromatic heterocycles. The average Bonchev–Trinajstić information content (AvgIpc) is 3.25. The first-order valence-corrected chi connectivity index (χ1v) is 13.6. The van der Waals surface area contributed by atoms with Gasteiger partial charge in [-0.15, -0.1) is 10.3 Å². The van der Waals surface area contributed by atoms with Crippen molar-refractivity contribution in [2.24, 2.45) is 5.92 Å². The third-order valence-corrected chi connectivity index (χ3v) is 10.8. The molecule has 2 atom stereocenters. The lowest BCUT2D eigenvalue weighted by Gasteiger charge is -2.46. The summed E-state index contributed by atoms with van der Waals surface area (Å²) in [4.78, 5) is 13.0. The van der Waals surface area contributed by atoms with Gasteiger partial charge in [0.1, 0.15) is 5.75 Å². The van der Waals surface area contributed by atoms with Crippen molar-refractivity contribution < 1.29 is 19.2 Å². The molecule has 1 aliphatic heterocycles. The summed E-state index contributed by atoms with van der Waals surface area (Å²) in [5.41, 5.74) is 1.69. The lowest BCUT2D eigenvalue weighted by atomic mass is 9.65. The topological polar surface area (TPSA) is 78.8 Å². The summed E-state index contributed by atoms with van der Waals surface area (Å²) in [7, 11) is -0.301. The highest BCUT2D eigenvalue weighted by Crippen LogP contribution is 2.60. The number of hydrogen-bond donors (Lipinski definition) is 3. The Bertz CT molecular complexity index is 913. The molecule has 2 aliphatic rings. The molecule has 32 heavy (non-hydrogen) atoms. The molecule has 2 unspecified atom stereocenters. The fraction of sp³-hybridized carbons (Fsp3) is 0.500. The van der Waals surface area contributed by atoms with Gasteiger partial charge in [-0.1, -0.05) is 42.5 Å². The monoisotopic (exact) mass is 457 g/mol. The van der Waals surface area contributed by atoms with E-state index in [9.17, 15) is 14.5 Å². The average molecular weight is 458 g/mol. The molecular formula is C26H35NO4S. The first kappa shape index (κ1) is 23.1. The molecule has 0 spiro atoms. The Hall–Kier alpha value is -2.02. The van der Waals surface area contributed by atoms with Crippen LogP contribution in [-0.4, -0.2) is 46.2 Å². The van der Waals surface area contributed by atoms with Gasteiger partial charge in [-0.25, -0.2) is 0 Å². The minimum Gasteiger partial charge on any atom is -0.496 e. The number of benzene rings is 2. The summed E-state index contributed by atoms with van der Waals surface area (Å²) in [6, 6.07) is 17.8. The van der Waals surface area contributed by atoms with Gasteiger partial charge in [-0.3, -0.25) is 4.79 Å². The Morgan fingerprint density at radius 2 is 1.78 bits per heavy atom. The number of ether oxygens (including phenoxy) is 1. The van der Waals surface area contributed by atoms with E-state index in [0.717, 1.165) is 44.3 Å². The Kier molecular flexibility index (Phi) is 7.13. The molecule has 5 nitrogen and oxygen atoms in total. The largest absolute Gasteiger partial charge is 0.496 e. The van der Waals surface area contributed by atoms with Gasteiger partial charge in [0.05, 0.1) is 18.6 Å². The highest BCUT2D eigenvalue weighted by atomic mass is 32.3. The molecule has 174 valence electrons. The summed E-state index contributed by atoms with van der Waals surface area (Å²) < 4.78 is 16.3. The smallest absolute Gasteiger partial charge is 0.255 e. The van der Waals surface area contributed by atoms with Crippen LogP contribution in [0, 0.1) is 5.92 Å². The zero-order valence-electron chi connectivity index (χ0n) is 18.8. The summed E-state index contributed by atoms with van der Waals surface area (Å²) in [6.45, 7) is 0.572. The third-order valence-electron chi connectivity index (χ3n) is 7.61. The minimum absolute atomic E-state index is 0.0625. The van der Waals surface area contributed by atoms with Crippen LogP contribution < -0.4 is 10.1 Å². The van der Waals surface area contributed by atoms with Gasteiger partial charge in [0.15, 0.2) is 0 Å². The molecule has 1 saturated carbocycles. The molecule has 3 N–H and O–H groups in total. The fourth-order valence-electron chi connectivity index (χ4n) is 5.76. The number of carbonyl (C=O) groups excluding carboxylic acids is 1. The van der Waals surface area contributed by atoms with Crippen molar-refractivity contribution in [1.82, 2.24) is 5.32 Å². The van der Waals surface area contributed by atoms with Crippen molar-refractivity contribution in [3.8, 4) is 5.75 Å². The maximum Gasteiger partial charge on any atom is 0.255 e. The highest BCUT2D eigenvalue weighted by molar-refractivity contribution is 8.29. The van der Waals surface area contributed by atoms with Crippen molar-refractivity contribution in [2.45, 2.75) is 49.2 Å². The SMILES string of the molecule is COc1ccccc1C(=O)NCC1(c2ccccc2)CCC(C2CCCS2(O)CO)CC1. The lowest BCUT2D eigenvalue weighted by molar-refractivity contribution is 0.0929. The molecule has 6 heteroatoms. The second-order valence-corrected chi connectivity index (χ2v) is 12.4. The second-order valence-electron chi connectivity index (χ2n) is 9.28. The summed E-state index contributed by atoms with van der Waals surface area (Å²) in [5.74, 6) is 1.63. The number of aliphatic hydroxyl groups is 1. The van der Waals surface area contributed by atoms with Crippen LogP contribution in [-0.2, 0) is 5.41 Å². The highest BCUT2D eigenvalue weighted by Gasteiger charge is 2.45. The molecule has 2 fully saturated rings. The van der Waals surface area contributed by atoms with Crippen LogP contribution in [0.15, 0.2) is 54.6 Å². The van der Waals surface area contributed by atoms with E-state index in [1.807, 2.05) is 18.2 Å². The van der Waals surface area contributed by atoms with Crippen LogP contribution in [0.5, 0.6) is 5.75 Å². The maximum atomic E-state index is 13.0. The molecule has 2 aromatic rings. The van der Waals surface area contributed by atoms with Crippen LogP contribution in [0.4, 0.5) is 0 Å². The van der Waals surface area contributed by atoms with Crippen molar-refractivity contribution >= 4 is 16.2 Å². The van der Waals surface area contributed by atoms with Gasteiger partial charge in [0.25, 0.3) is 5.91 Å². The third kappa shape index (κ3) is 4.54. The predicted octanol–water partition coefficient (Wildman–Crippen LogP) is 4.94. The second kappa shape index (κ2) is 9.86. The molecule has 1 amide bonds. The van der Waals surface area contributed by atoms with Gasteiger partial charge in [0.2, 0.25) is 0 Å². The van der Waals surface area contributed by atoms with Crippen LogP contribution in [0.3, 0.4) is 0 Å². The molecule has 4 rings (SSSR count). The molecule has 1 heterocycles. The summed E-state index contributed by atoms with van der Waals surface area (Å²) in [5, 5.41) is 13.3. The van der Waals surface area contributed by atoms with Crippen LogP contribution >= 0.6 is 10.3 Å². The number of para-hydroxylation sites is 1. The van der Waals surface area contributed by atoms with E-state index in [-0.39, 0.29) is 22.5 Å². The molecular weight excluding hydrogens is 422 g/mol. The van der Waals surface area contributed by atoms with Crippen molar-refractivity contribution in [1.29, 1.82) is 0 Å². The number of nitrogens with one attached hydrogen (secondary N) is 1. The maximum absolute atomic E-state index is 13.0. The molecule has 0 bridgehead atoms. The molecule has 1 saturated heterocycles. The van der Waals surface area contributed by atoms with Gasteiger partial charge in [-0.2, -0.15) is 0 Å². The minimum atomic E-state index is -1.88. The Balaban J connectivity index is 1.50. The number of aliphatic hydroxyl groups excluding tert-OH is 1. The first-order valence-electron chi connectivity index (χ1n) is 11.6. The van der Waals surface area contributed by atoms with E-state index < -0.39 is 10.3 Å². The summed E-state index contributed by atoms with van der Waals surface area (Å²) in [6.07, 6.45) is 6.00. The normalized spacial score (nSPS) is 32.1. The standard InChI is InChI=1S/C26H35NO4S/c1-31-23-11-6-5-10-22(23)25(29)27-18-26(21-8-3-2-4-9-21)15-13-20(14-16-26)24-12-7-17-32(24,30)19-28/h2-6,8-11,20,24,28,30H,7,12-19H2,1H3,(H,27,29). The van der Waals surface area contributed by atoms with Crippen molar-refractivity contribution in [3.05, 3.63) is 65.7 Å². The van der Waals surface area contributed by atoms with Gasteiger partial charge >= 0.3 is 0 Å². The number of rotatable bonds is 7. The number of methoxy groups -OCH3 is 1. The Morgan fingerprint density at radius 3 is 2.47 bits per heavy atom. The molecule has 0 radical (unpaired) electrons. The van der Waals surface area contributed by atoms with Crippen LogP contribution in [0.1, 0.15) is 54.4 Å². The predicted molar refractivity (Wildman–Crippen MR) is 131 cm³/mol. The zero-order chi connectivity index (χ0) is 22.6. The van der Waals surface area contributed by atoms with Crippen molar-refractivity contribution in [2.75, 3.05) is 25.3 Å². The lowest BCUT2D eigenvalue weighted by Crippen LogP contribution is -2.44. The van der Waals surface area contributed by atoms with E-state index in [1.54, 1.807) is 19.2 Å². The molecule has 2 aromatic carbocycles.